The van der Waals surface area contributed by atoms with Crippen LogP contribution in [0.15, 0.2) is 35.5 Å². The molecule has 0 saturated heterocycles. The quantitative estimate of drug-likeness (QED) is 0.452. The summed E-state index contributed by atoms with van der Waals surface area (Å²) < 4.78 is 1.16. The Balaban J connectivity index is 1.45. The minimum Gasteiger partial charge on any atom is -0.383 e. The number of amides is 1. The Bertz CT molecular complexity index is 813. The van der Waals surface area contributed by atoms with E-state index < -0.39 is 0 Å². The number of hydrogen-bond donors (Lipinski definition) is 3. The van der Waals surface area contributed by atoms with Crippen LogP contribution in [0.25, 0.3) is 10.2 Å². The van der Waals surface area contributed by atoms with Gasteiger partial charge >= 0.3 is 0 Å². The van der Waals surface area contributed by atoms with E-state index in [-0.39, 0.29) is 11.7 Å². The molecule has 1 aromatic carbocycles. The zero-order valence-electron chi connectivity index (χ0n) is 12.7. The number of anilines is 2. The maximum absolute atomic E-state index is 11.9. The number of nitrogens with two attached hydrogens (primary N) is 2. The highest BCUT2D eigenvalue weighted by molar-refractivity contribution is 7.99. The van der Waals surface area contributed by atoms with Gasteiger partial charge in [0.15, 0.2) is 5.16 Å². The number of aromatic nitrogens is 3. The number of nitrogen functional groups attached to an aromatic ring is 2. The standard InChI is InChI=1S/C15H16N6OS2/c16-11-7-12(17)21-15(20-11)23-8-13(22)18-6-5-14-19-9-3-1-2-4-10(9)24-14/h1-4,7H,5-6,8H2,(H,18,22)(H4,16,17,20,21). The molecule has 0 atom stereocenters. The summed E-state index contributed by atoms with van der Waals surface area (Å²) in [7, 11) is 0. The molecule has 0 bridgehead atoms. The molecule has 9 heteroatoms. The van der Waals surface area contributed by atoms with E-state index in [2.05, 4.69) is 20.3 Å². The zero-order valence-corrected chi connectivity index (χ0v) is 14.4. The van der Waals surface area contributed by atoms with Gasteiger partial charge in [-0.15, -0.1) is 11.3 Å². The lowest BCUT2D eigenvalue weighted by Crippen LogP contribution is -2.27. The number of fused-ring (bicyclic) bond motifs is 1. The SMILES string of the molecule is Nc1cc(N)nc(SCC(=O)NCCc2nc3ccccc3s2)n1. The van der Waals surface area contributed by atoms with Gasteiger partial charge in [0.2, 0.25) is 5.91 Å². The lowest BCUT2D eigenvalue weighted by atomic mass is 10.3. The van der Waals surface area contributed by atoms with Crippen LogP contribution in [0.3, 0.4) is 0 Å². The predicted octanol–water partition coefficient (Wildman–Crippen LogP) is 1.70. The summed E-state index contributed by atoms with van der Waals surface area (Å²) in [6.45, 7) is 0.541. The van der Waals surface area contributed by atoms with Crippen LogP contribution in [0.5, 0.6) is 0 Å². The number of hydrogen-bond acceptors (Lipinski definition) is 8. The van der Waals surface area contributed by atoms with Crippen LogP contribution in [0.4, 0.5) is 11.6 Å². The first kappa shape index (κ1) is 16.5. The van der Waals surface area contributed by atoms with Gasteiger partial charge in [-0.05, 0) is 12.1 Å². The molecular weight excluding hydrogens is 344 g/mol. The molecule has 0 unspecified atom stereocenters. The molecule has 24 heavy (non-hydrogen) atoms. The topological polar surface area (TPSA) is 120 Å². The molecule has 7 nitrogen and oxygen atoms in total. The number of benzene rings is 1. The summed E-state index contributed by atoms with van der Waals surface area (Å²) in [4.78, 5) is 24.5. The van der Waals surface area contributed by atoms with Crippen LogP contribution in [0.1, 0.15) is 5.01 Å². The summed E-state index contributed by atoms with van der Waals surface area (Å²) in [6, 6.07) is 9.47. The van der Waals surface area contributed by atoms with Gasteiger partial charge in [0, 0.05) is 19.0 Å². The monoisotopic (exact) mass is 360 g/mol. The van der Waals surface area contributed by atoms with Gasteiger partial charge in [-0.2, -0.15) is 0 Å². The van der Waals surface area contributed by atoms with Crippen molar-refractivity contribution in [2.24, 2.45) is 0 Å². The lowest BCUT2D eigenvalue weighted by Gasteiger charge is -2.04. The van der Waals surface area contributed by atoms with Gasteiger partial charge < -0.3 is 16.8 Å². The Morgan fingerprint density at radius 2 is 1.92 bits per heavy atom. The molecule has 0 aliphatic heterocycles. The van der Waals surface area contributed by atoms with Crippen molar-refractivity contribution in [3.63, 3.8) is 0 Å². The van der Waals surface area contributed by atoms with Crippen LogP contribution in [0, 0.1) is 0 Å². The number of para-hydroxylation sites is 1. The lowest BCUT2D eigenvalue weighted by molar-refractivity contribution is -0.118. The highest BCUT2D eigenvalue weighted by atomic mass is 32.2. The average Bonchev–Trinajstić information content (AvgIpc) is 2.95. The van der Waals surface area contributed by atoms with E-state index in [0.29, 0.717) is 29.8 Å². The third-order valence-corrected chi connectivity index (χ3v) is 5.02. The molecule has 0 radical (unpaired) electrons. The fourth-order valence-electron chi connectivity index (χ4n) is 2.04. The van der Waals surface area contributed by atoms with Crippen molar-refractivity contribution in [3.05, 3.63) is 35.3 Å². The van der Waals surface area contributed by atoms with Gasteiger partial charge in [0.25, 0.3) is 0 Å². The van der Waals surface area contributed by atoms with Crippen molar-refractivity contribution in [1.82, 2.24) is 20.3 Å². The van der Waals surface area contributed by atoms with Gasteiger partial charge in [0.1, 0.15) is 11.6 Å². The summed E-state index contributed by atoms with van der Waals surface area (Å²) in [5, 5.41) is 4.27. The molecule has 1 amide bonds. The second-order valence-electron chi connectivity index (χ2n) is 4.96. The smallest absolute Gasteiger partial charge is 0.230 e. The second-order valence-corrected chi connectivity index (χ2v) is 7.02. The first-order valence-electron chi connectivity index (χ1n) is 7.24. The molecule has 124 valence electrons. The molecule has 5 N–H and O–H groups in total. The summed E-state index contributed by atoms with van der Waals surface area (Å²) in [5.41, 5.74) is 12.2. The minimum atomic E-state index is -0.0919. The molecule has 2 aromatic heterocycles. The van der Waals surface area contributed by atoms with Gasteiger partial charge in [-0.25, -0.2) is 15.0 Å². The highest BCUT2D eigenvalue weighted by Crippen LogP contribution is 2.21. The number of thiazole rings is 1. The van der Waals surface area contributed by atoms with E-state index >= 15 is 0 Å². The molecule has 0 spiro atoms. The van der Waals surface area contributed by atoms with Crippen LogP contribution < -0.4 is 16.8 Å². The highest BCUT2D eigenvalue weighted by Gasteiger charge is 2.07. The normalized spacial score (nSPS) is 10.8. The number of carbonyl (C=O) groups is 1. The van der Waals surface area contributed by atoms with Crippen molar-refractivity contribution >= 4 is 50.9 Å². The second kappa shape index (κ2) is 7.45. The molecular formula is C15H16N6OS2. The van der Waals surface area contributed by atoms with Crippen LogP contribution in [-0.2, 0) is 11.2 Å². The van der Waals surface area contributed by atoms with E-state index in [1.54, 1.807) is 11.3 Å². The van der Waals surface area contributed by atoms with E-state index in [1.807, 2.05) is 24.3 Å². The zero-order chi connectivity index (χ0) is 16.9. The number of nitrogens with one attached hydrogen (secondary N) is 1. The molecule has 2 heterocycles. The van der Waals surface area contributed by atoms with E-state index in [1.165, 1.54) is 17.8 Å². The van der Waals surface area contributed by atoms with Crippen molar-refractivity contribution in [1.29, 1.82) is 0 Å². The summed E-state index contributed by atoms with van der Waals surface area (Å²) >= 11 is 2.85. The van der Waals surface area contributed by atoms with Crippen molar-refractivity contribution in [2.75, 3.05) is 23.8 Å². The molecule has 3 rings (SSSR count). The average molecular weight is 360 g/mol. The van der Waals surface area contributed by atoms with Crippen molar-refractivity contribution in [3.8, 4) is 0 Å². The maximum Gasteiger partial charge on any atom is 0.230 e. The summed E-state index contributed by atoms with van der Waals surface area (Å²) in [5.74, 6) is 0.705. The number of nitrogens with zero attached hydrogens (tertiary/aromatic N) is 3. The maximum atomic E-state index is 11.9. The van der Waals surface area contributed by atoms with Crippen molar-refractivity contribution in [2.45, 2.75) is 11.6 Å². The Morgan fingerprint density at radius 1 is 1.17 bits per heavy atom. The molecule has 0 aliphatic rings. The minimum absolute atomic E-state index is 0.0919. The van der Waals surface area contributed by atoms with Crippen LogP contribution in [-0.4, -0.2) is 33.2 Å². The Hall–Kier alpha value is -2.39. The van der Waals surface area contributed by atoms with Gasteiger partial charge in [-0.1, -0.05) is 23.9 Å². The van der Waals surface area contributed by atoms with Crippen molar-refractivity contribution < 1.29 is 4.79 Å². The molecule has 0 saturated carbocycles. The predicted molar refractivity (Wildman–Crippen MR) is 97.9 cm³/mol. The third-order valence-electron chi connectivity index (χ3n) is 3.08. The Labute approximate surface area is 146 Å². The molecule has 3 aromatic rings. The van der Waals surface area contributed by atoms with E-state index in [4.69, 9.17) is 11.5 Å². The Morgan fingerprint density at radius 3 is 2.67 bits per heavy atom. The molecule has 0 aliphatic carbocycles. The Kier molecular flexibility index (Phi) is 5.11. The van der Waals surface area contributed by atoms with Gasteiger partial charge in [0.05, 0.1) is 21.0 Å². The summed E-state index contributed by atoms with van der Waals surface area (Å²) in [6.07, 6.45) is 0.706. The first-order chi connectivity index (χ1) is 11.6. The fourth-order valence-corrected chi connectivity index (χ4v) is 3.71. The first-order valence-corrected chi connectivity index (χ1v) is 9.04. The number of rotatable bonds is 6. The molecule has 0 fully saturated rings. The number of thioether (sulfide) groups is 1. The number of carbonyl (C=O) groups excluding carboxylic acids is 1. The fraction of sp³-hybridized carbons (Fsp3) is 0.200. The van der Waals surface area contributed by atoms with Crippen LogP contribution in [0.2, 0.25) is 0 Å². The van der Waals surface area contributed by atoms with E-state index in [0.717, 1.165) is 15.2 Å². The third kappa shape index (κ3) is 4.33. The van der Waals surface area contributed by atoms with E-state index in [9.17, 15) is 4.79 Å². The van der Waals surface area contributed by atoms with Gasteiger partial charge in [-0.3, -0.25) is 4.79 Å². The van der Waals surface area contributed by atoms with Crippen LogP contribution >= 0.6 is 23.1 Å². The largest absolute Gasteiger partial charge is 0.383 e.